The highest BCUT2D eigenvalue weighted by molar-refractivity contribution is 5.91. The van der Waals surface area contributed by atoms with Crippen LogP contribution in [-0.4, -0.2) is 35.5 Å². The van der Waals surface area contributed by atoms with Crippen molar-refractivity contribution in [2.75, 3.05) is 19.6 Å². The van der Waals surface area contributed by atoms with Crippen molar-refractivity contribution >= 4 is 11.7 Å². The first-order chi connectivity index (χ1) is 9.42. The van der Waals surface area contributed by atoms with Gasteiger partial charge >= 0.3 is 0 Å². The molecule has 4 rings (SSSR count). The predicted molar refractivity (Wildman–Crippen MR) is 76.2 cm³/mol. The Bertz CT molecular complexity index is 635. The summed E-state index contributed by atoms with van der Waals surface area (Å²) in [5.41, 5.74) is 5.02. The zero-order valence-corrected chi connectivity index (χ0v) is 11.0. The highest BCUT2D eigenvalue weighted by Crippen LogP contribution is 2.26. The van der Waals surface area contributed by atoms with Gasteiger partial charge in [-0.15, -0.1) is 0 Å². The first-order valence-corrected chi connectivity index (χ1v) is 7.13. The lowest BCUT2D eigenvalue weighted by atomic mass is 9.91. The summed E-state index contributed by atoms with van der Waals surface area (Å²) < 4.78 is 2.05. The van der Waals surface area contributed by atoms with E-state index in [0.29, 0.717) is 5.92 Å². The number of nitrogens with zero attached hydrogens (tertiary/aromatic N) is 3. The summed E-state index contributed by atoms with van der Waals surface area (Å²) in [5.74, 6) is 0.681. The Morgan fingerprint density at radius 3 is 3.00 bits per heavy atom. The Morgan fingerprint density at radius 1 is 1.21 bits per heavy atom. The van der Waals surface area contributed by atoms with Crippen LogP contribution < -0.4 is 5.32 Å². The highest BCUT2D eigenvalue weighted by atomic mass is 15.2. The average Bonchev–Trinajstić information content (AvgIpc) is 2.86. The van der Waals surface area contributed by atoms with Gasteiger partial charge in [0.15, 0.2) is 0 Å². The maximum Gasteiger partial charge on any atom is 0.0752 e. The van der Waals surface area contributed by atoms with E-state index in [-0.39, 0.29) is 0 Å². The largest absolute Gasteiger partial charge is 0.317 e. The van der Waals surface area contributed by atoms with Crippen LogP contribution in [0.1, 0.15) is 35.6 Å². The smallest absolute Gasteiger partial charge is 0.0752 e. The second kappa shape index (κ2) is 4.46. The molecule has 0 atom stereocenters. The minimum absolute atomic E-state index is 0.681. The molecule has 4 nitrogen and oxygen atoms in total. The molecule has 0 bridgehead atoms. The van der Waals surface area contributed by atoms with E-state index in [9.17, 15) is 0 Å². The van der Waals surface area contributed by atoms with Gasteiger partial charge in [0.25, 0.3) is 0 Å². The van der Waals surface area contributed by atoms with Crippen molar-refractivity contribution in [1.29, 1.82) is 0 Å². The predicted octanol–water partition coefficient (Wildman–Crippen LogP) is 1.78. The molecule has 1 fully saturated rings. The summed E-state index contributed by atoms with van der Waals surface area (Å²) in [6, 6.07) is 4.48. The normalized spacial score (nSPS) is 19.8. The molecule has 0 amide bonds. The molecule has 0 unspecified atom stereocenters. The van der Waals surface area contributed by atoms with Crippen molar-refractivity contribution in [3.63, 3.8) is 0 Å². The molecular weight excluding hydrogens is 236 g/mol. The lowest BCUT2D eigenvalue weighted by Crippen LogP contribution is -2.26. The third kappa shape index (κ3) is 1.87. The number of aromatic nitrogens is 2. The van der Waals surface area contributed by atoms with Crippen LogP contribution in [-0.2, 0) is 6.42 Å². The van der Waals surface area contributed by atoms with Crippen LogP contribution in [0.2, 0.25) is 0 Å². The Morgan fingerprint density at radius 2 is 2.11 bits per heavy atom. The van der Waals surface area contributed by atoms with Gasteiger partial charge in [-0.3, -0.25) is 4.99 Å². The zero-order chi connectivity index (χ0) is 12.7. The van der Waals surface area contributed by atoms with Crippen LogP contribution in [0.25, 0.3) is 5.52 Å². The highest BCUT2D eigenvalue weighted by Gasteiger charge is 2.18. The van der Waals surface area contributed by atoms with E-state index in [0.717, 1.165) is 26.1 Å². The first kappa shape index (κ1) is 11.2. The maximum absolute atomic E-state index is 4.72. The number of hydrogen-bond acceptors (Lipinski definition) is 3. The van der Waals surface area contributed by atoms with Crippen LogP contribution >= 0.6 is 0 Å². The average molecular weight is 254 g/mol. The third-order valence-corrected chi connectivity index (χ3v) is 4.28. The Balaban J connectivity index is 1.77. The fourth-order valence-electron chi connectivity index (χ4n) is 3.18. The monoisotopic (exact) mass is 254 g/mol. The molecule has 19 heavy (non-hydrogen) atoms. The van der Waals surface area contributed by atoms with E-state index in [1.807, 2.05) is 6.21 Å². The number of fused-ring (bicyclic) bond motifs is 3. The van der Waals surface area contributed by atoms with Gasteiger partial charge in [-0.1, -0.05) is 6.07 Å². The Labute approximate surface area is 112 Å². The van der Waals surface area contributed by atoms with Gasteiger partial charge in [-0.25, -0.2) is 4.52 Å². The molecule has 2 aliphatic rings. The number of piperidine rings is 1. The second-order valence-corrected chi connectivity index (χ2v) is 5.46. The molecule has 1 saturated heterocycles. The molecule has 0 radical (unpaired) electrons. The van der Waals surface area contributed by atoms with Gasteiger partial charge in [0, 0.05) is 30.9 Å². The summed E-state index contributed by atoms with van der Waals surface area (Å²) in [7, 11) is 0. The fourth-order valence-corrected chi connectivity index (χ4v) is 3.18. The Kier molecular flexibility index (Phi) is 2.62. The van der Waals surface area contributed by atoms with Crippen molar-refractivity contribution < 1.29 is 0 Å². The van der Waals surface area contributed by atoms with Crippen LogP contribution in [0, 0.1) is 0 Å². The van der Waals surface area contributed by atoms with Gasteiger partial charge in [0.2, 0.25) is 0 Å². The number of hydrogen-bond donors (Lipinski definition) is 1. The number of rotatable bonds is 1. The molecule has 0 aliphatic carbocycles. The summed E-state index contributed by atoms with van der Waals surface area (Å²) in [6.07, 6.45) is 7.63. The van der Waals surface area contributed by atoms with Crippen molar-refractivity contribution in [1.82, 2.24) is 14.9 Å². The van der Waals surface area contributed by atoms with Gasteiger partial charge in [-0.05, 0) is 43.5 Å². The molecule has 0 aromatic carbocycles. The molecule has 4 heteroatoms. The molecule has 2 aliphatic heterocycles. The maximum atomic E-state index is 4.72. The Hall–Kier alpha value is -1.68. The van der Waals surface area contributed by atoms with Crippen LogP contribution in [0.3, 0.4) is 0 Å². The number of nitrogens with one attached hydrogen (secondary N) is 1. The number of aliphatic imine (C=N–C) groups is 1. The SMILES string of the molecule is C1=NCCc2nn3cc(C4CCNCC4)ccc3c21. The van der Waals surface area contributed by atoms with E-state index in [1.54, 1.807) is 0 Å². The van der Waals surface area contributed by atoms with Gasteiger partial charge in [-0.2, -0.15) is 5.10 Å². The van der Waals surface area contributed by atoms with E-state index in [1.165, 1.54) is 35.2 Å². The molecule has 0 spiro atoms. The summed E-state index contributed by atoms with van der Waals surface area (Å²) in [6.45, 7) is 3.13. The van der Waals surface area contributed by atoms with Gasteiger partial charge < -0.3 is 5.32 Å². The van der Waals surface area contributed by atoms with E-state index in [2.05, 4.69) is 33.2 Å². The van der Waals surface area contributed by atoms with Crippen molar-refractivity contribution in [2.24, 2.45) is 4.99 Å². The second-order valence-electron chi connectivity index (χ2n) is 5.46. The molecule has 4 heterocycles. The lowest BCUT2D eigenvalue weighted by Gasteiger charge is -2.22. The van der Waals surface area contributed by atoms with E-state index in [4.69, 9.17) is 5.10 Å². The lowest BCUT2D eigenvalue weighted by molar-refractivity contribution is 0.459. The topological polar surface area (TPSA) is 41.7 Å². The molecule has 2 aromatic rings. The van der Waals surface area contributed by atoms with E-state index >= 15 is 0 Å². The first-order valence-electron chi connectivity index (χ1n) is 7.13. The minimum atomic E-state index is 0.681. The fraction of sp³-hybridized carbons (Fsp3) is 0.467. The zero-order valence-electron chi connectivity index (χ0n) is 11.0. The standard InChI is InChI=1S/C15H18N4/c1-2-15-13-9-17-8-5-14(13)18-19(15)10-12(1)11-3-6-16-7-4-11/h1-2,9-11,16H,3-8H2. The van der Waals surface area contributed by atoms with Crippen molar-refractivity contribution in [3.05, 3.63) is 35.2 Å². The summed E-state index contributed by atoms with van der Waals surface area (Å²) in [5, 5.41) is 8.14. The van der Waals surface area contributed by atoms with Crippen LogP contribution in [0.15, 0.2) is 23.3 Å². The molecular formula is C15H18N4. The molecule has 1 N–H and O–H groups in total. The molecule has 0 saturated carbocycles. The third-order valence-electron chi connectivity index (χ3n) is 4.28. The molecule has 98 valence electrons. The number of pyridine rings is 1. The van der Waals surface area contributed by atoms with Crippen molar-refractivity contribution in [2.45, 2.75) is 25.2 Å². The van der Waals surface area contributed by atoms with Crippen LogP contribution in [0.4, 0.5) is 0 Å². The van der Waals surface area contributed by atoms with Gasteiger partial charge in [0.1, 0.15) is 0 Å². The van der Waals surface area contributed by atoms with E-state index < -0.39 is 0 Å². The van der Waals surface area contributed by atoms with Gasteiger partial charge in [0.05, 0.1) is 11.2 Å². The van der Waals surface area contributed by atoms with Crippen molar-refractivity contribution in [3.8, 4) is 0 Å². The quantitative estimate of drug-likeness (QED) is 0.843. The summed E-state index contributed by atoms with van der Waals surface area (Å²) in [4.78, 5) is 4.37. The minimum Gasteiger partial charge on any atom is -0.317 e. The summed E-state index contributed by atoms with van der Waals surface area (Å²) >= 11 is 0. The molecule has 2 aromatic heterocycles. The van der Waals surface area contributed by atoms with Crippen LogP contribution in [0.5, 0.6) is 0 Å².